The van der Waals surface area contributed by atoms with Crippen LogP contribution in [0.3, 0.4) is 0 Å². The molecule has 0 saturated heterocycles. The molecule has 0 aliphatic carbocycles. The second-order valence-electron chi connectivity index (χ2n) is 1.34. The van der Waals surface area contributed by atoms with Gasteiger partial charge in [-0.25, -0.2) is 0 Å². The molecular formula is C6H7LiSe. The quantitative estimate of drug-likeness (QED) is 0.368. The third kappa shape index (κ3) is 2.60. The van der Waals surface area contributed by atoms with Crippen molar-refractivity contribution in [3.05, 3.63) is 30.3 Å². The first kappa shape index (κ1) is 8.34. The molecule has 1 aromatic rings. The SMILES string of the molecule is [H-].[Li+].[SeH]c1ccccc1. The summed E-state index contributed by atoms with van der Waals surface area (Å²) >= 11 is 2.49. The minimum atomic E-state index is 0. The molecule has 0 aromatic heterocycles. The maximum absolute atomic E-state index is 2.49. The van der Waals surface area contributed by atoms with Gasteiger partial charge in [0.1, 0.15) is 0 Å². The molecule has 0 aliphatic rings. The fourth-order valence-electron chi connectivity index (χ4n) is 0.428. The van der Waals surface area contributed by atoms with Crippen LogP contribution in [0.1, 0.15) is 1.43 Å². The van der Waals surface area contributed by atoms with E-state index in [-0.39, 0.29) is 20.3 Å². The second kappa shape index (κ2) is 4.24. The molecule has 0 fully saturated rings. The van der Waals surface area contributed by atoms with Crippen LogP contribution in [0, 0.1) is 0 Å². The van der Waals surface area contributed by atoms with Crippen LogP contribution in [-0.4, -0.2) is 16.0 Å². The van der Waals surface area contributed by atoms with Gasteiger partial charge in [0.2, 0.25) is 0 Å². The van der Waals surface area contributed by atoms with E-state index in [1.165, 1.54) is 4.46 Å². The van der Waals surface area contributed by atoms with Gasteiger partial charge in [-0.15, -0.1) is 0 Å². The van der Waals surface area contributed by atoms with Gasteiger partial charge in [0.05, 0.1) is 0 Å². The van der Waals surface area contributed by atoms with E-state index >= 15 is 0 Å². The van der Waals surface area contributed by atoms with Crippen LogP contribution in [0.25, 0.3) is 0 Å². The molecule has 2 heteroatoms. The van der Waals surface area contributed by atoms with Crippen molar-refractivity contribution in [1.82, 2.24) is 0 Å². The van der Waals surface area contributed by atoms with Gasteiger partial charge in [-0.05, 0) is 0 Å². The average molecular weight is 165 g/mol. The molecular weight excluding hydrogens is 158 g/mol. The van der Waals surface area contributed by atoms with Crippen molar-refractivity contribution in [2.45, 2.75) is 0 Å². The third-order valence-corrected chi connectivity index (χ3v) is 1.38. The molecule has 0 heterocycles. The molecule has 1 rings (SSSR count). The van der Waals surface area contributed by atoms with Gasteiger partial charge in [-0.2, -0.15) is 0 Å². The number of rotatable bonds is 0. The van der Waals surface area contributed by atoms with Crippen LogP contribution in [0.2, 0.25) is 0 Å². The molecule has 0 radical (unpaired) electrons. The summed E-state index contributed by atoms with van der Waals surface area (Å²) in [6.45, 7) is 0. The molecule has 8 heavy (non-hydrogen) atoms. The van der Waals surface area contributed by atoms with E-state index in [0.29, 0.717) is 0 Å². The third-order valence-electron chi connectivity index (χ3n) is 0.756. The fourth-order valence-corrected chi connectivity index (χ4v) is 0.789. The Kier molecular flexibility index (Phi) is 4.42. The van der Waals surface area contributed by atoms with Crippen molar-refractivity contribution >= 4 is 20.5 Å². The fraction of sp³-hybridized carbons (Fsp3) is 0. The van der Waals surface area contributed by atoms with E-state index in [0.717, 1.165) is 0 Å². The Hall–Kier alpha value is 0.337. The second-order valence-corrected chi connectivity index (χ2v) is 2.42. The summed E-state index contributed by atoms with van der Waals surface area (Å²) in [7, 11) is 0. The van der Waals surface area contributed by atoms with E-state index in [4.69, 9.17) is 0 Å². The van der Waals surface area contributed by atoms with E-state index < -0.39 is 0 Å². The zero-order valence-electron chi connectivity index (χ0n) is 5.83. The summed E-state index contributed by atoms with van der Waals surface area (Å²) in [4.78, 5) is 0. The van der Waals surface area contributed by atoms with E-state index in [1.54, 1.807) is 0 Å². The van der Waals surface area contributed by atoms with E-state index in [1.807, 2.05) is 18.2 Å². The molecule has 0 N–H and O–H groups in total. The Balaban J connectivity index is 0. The first-order chi connectivity index (χ1) is 3.39. The molecule has 0 amide bonds. The molecule has 0 saturated carbocycles. The summed E-state index contributed by atoms with van der Waals surface area (Å²) in [5.41, 5.74) is 0. The Bertz CT molecular complexity index is 143. The Labute approximate surface area is 71.1 Å². The Morgan fingerprint density at radius 1 is 1.12 bits per heavy atom. The molecule has 0 spiro atoms. The molecule has 0 bridgehead atoms. The summed E-state index contributed by atoms with van der Waals surface area (Å²) in [5, 5.41) is 0. The van der Waals surface area contributed by atoms with Gasteiger partial charge in [-0.3, -0.25) is 0 Å². The topological polar surface area (TPSA) is 0 Å². The summed E-state index contributed by atoms with van der Waals surface area (Å²) < 4.78 is 1.26. The van der Waals surface area contributed by atoms with E-state index in [9.17, 15) is 0 Å². The monoisotopic (exact) mass is 166 g/mol. The van der Waals surface area contributed by atoms with E-state index in [2.05, 4.69) is 28.1 Å². The van der Waals surface area contributed by atoms with Crippen molar-refractivity contribution in [3.8, 4) is 0 Å². The van der Waals surface area contributed by atoms with Gasteiger partial charge in [0.25, 0.3) is 0 Å². The Morgan fingerprint density at radius 3 is 1.88 bits per heavy atom. The van der Waals surface area contributed by atoms with Gasteiger partial charge in [0, 0.05) is 0 Å². The number of benzene rings is 1. The van der Waals surface area contributed by atoms with Crippen LogP contribution in [0.15, 0.2) is 30.3 Å². The first-order valence-electron chi connectivity index (χ1n) is 2.13. The zero-order valence-corrected chi connectivity index (χ0v) is 6.71. The van der Waals surface area contributed by atoms with Crippen LogP contribution in [-0.2, 0) is 0 Å². The number of hydrogen-bond acceptors (Lipinski definition) is 0. The minimum absolute atomic E-state index is 0. The van der Waals surface area contributed by atoms with Crippen molar-refractivity contribution in [1.29, 1.82) is 0 Å². The van der Waals surface area contributed by atoms with Gasteiger partial charge in [0.15, 0.2) is 0 Å². The van der Waals surface area contributed by atoms with Gasteiger partial charge in [-0.1, -0.05) is 0 Å². The van der Waals surface area contributed by atoms with Crippen LogP contribution in [0.4, 0.5) is 0 Å². The normalized spacial score (nSPS) is 7.62. The van der Waals surface area contributed by atoms with Crippen LogP contribution in [0.5, 0.6) is 0 Å². The van der Waals surface area contributed by atoms with Crippen molar-refractivity contribution in [2.75, 3.05) is 0 Å². The summed E-state index contributed by atoms with van der Waals surface area (Å²) in [5.74, 6) is 0. The standard InChI is InChI=1S/C6H6Se.Li.H/c7-6-4-2-1-3-5-6;;/h1-5,7H;;/q;+1;-1. The number of hydrogen-bond donors (Lipinski definition) is 0. The molecule has 0 aliphatic heterocycles. The van der Waals surface area contributed by atoms with Crippen molar-refractivity contribution in [3.63, 3.8) is 0 Å². The van der Waals surface area contributed by atoms with Gasteiger partial charge < -0.3 is 1.43 Å². The van der Waals surface area contributed by atoms with Crippen LogP contribution < -0.4 is 23.3 Å². The molecule has 1 aromatic carbocycles. The maximum atomic E-state index is 2.49. The van der Waals surface area contributed by atoms with Crippen molar-refractivity contribution in [2.24, 2.45) is 0 Å². The molecule has 0 unspecified atom stereocenters. The molecule has 38 valence electrons. The summed E-state index contributed by atoms with van der Waals surface area (Å²) in [6, 6.07) is 10.2. The predicted molar refractivity (Wildman–Crippen MR) is 34.3 cm³/mol. The molecule has 0 atom stereocenters. The zero-order chi connectivity index (χ0) is 5.11. The summed E-state index contributed by atoms with van der Waals surface area (Å²) in [6.07, 6.45) is 0. The van der Waals surface area contributed by atoms with Crippen molar-refractivity contribution < 1.29 is 20.3 Å². The first-order valence-corrected chi connectivity index (χ1v) is 3.07. The molecule has 0 nitrogen and oxygen atoms in total. The average Bonchev–Trinajstić information content (AvgIpc) is 1.69. The Morgan fingerprint density at radius 2 is 1.62 bits per heavy atom. The van der Waals surface area contributed by atoms with Crippen LogP contribution >= 0.6 is 0 Å². The van der Waals surface area contributed by atoms with Gasteiger partial charge >= 0.3 is 69.7 Å². The predicted octanol–water partition coefficient (Wildman–Crippen LogP) is -2.67.